The van der Waals surface area contributed by atoms with Crippen LogP contribution in [0, 0.1) is 11.8 Å². The third kappa shape index (κ3) is 5.11. The average molecular weight is 426 g/mol. The molecule has 0 aliphatic rings. The van der Waals surface area contributed by atoms with Crippen molar-refractivity contribution in [2.75, 3.05) is 17.2 Å². The Balaban J connectivity index is 2.66. The van der Waals surface area contributed by atoms with Crippen LogP contribution in [0.1, 0.15) is 43.6 Å². The van der Waals surface area contributed by atoms with E-state index >= 15 is 0 Å². The molecule has 0 bridgehead atoms. The van der Waals surface area contributed by atoms with E-state index in [9.17, 15) is 27.6 Å². The number of rotatable bonds is 6. The van der Waals surface area contributed by atoms with Gasteiger partial charge in [-0.2, -0.15) is 13.2 Å². The first-order valence-electron chi connectivity index (χ1n) is 9.44. The molecule has 0 unspecified atom stereocenters. The number of amides is 1. The largest absolute Gasteiger partial charge is 0.416 e. The molecule has 3 N–H and O–H groups in total. The van der Waals surface area contributed by atoms with E-state index in [0.717, 1.165) is 27.7 Å². The second kappa shape index (κ2) is 8.76. The van der Waals surface area contributed by atoms with Gasteiger partial charge in [0, 0.05) is 18.7 Å². The third-order valence-electron chi connectivity index (χ3n) is 4.26. The summed E-state index contributed by atoms with van der Waals surface area (Å²) in [5.74, 6) is -1.15. The zero-order valence-corrected chi connectivity index (χ0v) is 17.2. The van der Waals surface area contributed by atoms with Gasteiger partial charge in [0.25, 0.3) is 11.5 Å². The molecule has 0 radical (unpaired) electrons. The highest BCUT2D eigenvalue weighted by Gasteiger charge is 2.32. The highest BCUT2D eigenvalue weighted by atomic mass is 19.4. The van der Waals surface area contributed by atoms with Gasteiger partial charge < -0.3 is 10.6 Å². The maximum absolute atomic E-state index is 13.1. The number of carbonyl (C=O) groups is 1. The van der Waals surface area contributed by atoms with Gasteiger partial charge in [0.05, 0.1) is 5.56 Å². The van der Waals surface area contributed by atoms with E-state index in [1.54, 1.807) is 13.8 Å². The van der Waals surface area contributed by atoms with Crippen molar-refractivity contribution in [2.45, 2.75) is 40.4 Å². The van der Waals surface area contributed by atoms with Gasteiger partial charge >= 0.3 is 11.9 Å². The molecule has 164 valence electrons. The van der Waals surface area contributed by atoms with Gasteiger partial charge in [0.1, 0.15) is 5.82 Å². The predicted octanol–water partition coefficient (Wildman–Crippen LogP) is 3.10. The molecule has 2 aromatic rings. The number of anilines is 2. The van der Waals surface area contributed by atoms with Gasteiger partial charge in [0.15, 0.2) is 5.69 Å². The summed E-state index contributed by atoms with van der Waals surface area (Å²) in [5.41, 5.74) is 3.02. The molecule has 0 saturated carbocycles. The van der Waals surface area contributed by atoms with Gasteiger partial charge in [0.2, 0.25) is 0 Å². The highest BCUT2D eigenvalue weighted by molar-refractivity contribution is 6.07. The molecule has 30 heavy (non-hydrogen) atoms. The van der Waals surface area contributed by atoms with Crippen molar-refractivity contribution in [1.82, 2.24) is 9.55 Å². The average Bonchev–Trinajstić information content (AvgIpc) is 2.62. The van der Waals surface area contributed by atoms with Crippen molar-refractivity contribution >= 4 is 17.4 Å². The summed E-state index contributed by atoms with van der Waals surface area (Å²) in [7, 11) is 0. The summed E-state index contributed by atoms with van der Waals surface area (Å²) in [6.45, 7) is 7.46. The van der Waals surface area contributed by atoms with Crippen LogP contribution >= 0.6 is 0 Å². The fourth-order valence-electron chi connectivity index (χ4n) is 3.01. The Hall–Kier alpha value is -3.04. The number of nitrogens with zero attached hydrogens (tertiary/aromatic N) is 2. The molecule has 7 nitrogen and oxygen atoms in total. The molecule has 0 atom stereocenters. The first-order chi connectivity index (χ1) is 13.8. The second-order valence-electron chi connectivity index (χ2n) is 7.89. The maximum Gasteiger partial charge on any atom is 0.416 e. The number of aromatic amines is 1. The number of nitrogens with two attached hydrogens (primary N) is 1. The number of alkyl halides is 3. The molecule has 1 amide bonds. The van der Waals surface area contributed by atoms with Crippen LogP contribution in [0.4, 0.5) is 24.7 Å². The van der Waals surface area contributed by atoms with E-state index in [4.69, 9.17) is 5.73 Å². The number of aromatic nitrogens is 2. The fraction of sp³-hybridized carbons (Fsp3) is 0.450. The van der Waals surface area contributed by atoms with Crippen molar-refractivity contribution in [2.24, 2.45) is 11.8 Å². The highest BCUT2D eigenvalue weighted by Crippen LogP contribution is 2.30. The molecule has 0 spiro atoms. The second-order valence-corrected chi connectivity index (χ2v) is 7.89. The molecule has 10 heteroatoms. The minimum Gasteiger partial charge on any atom is -0.383 e. The van der Waals surface area contributed by atoms with Crippen molar-refractivity contribution in [3.8, 4) is 0 Å². The standard InChI is InChI=1S/C20H25F3N4O3/c1-11(2)9-26(18(29)13-6-5-7-14(8-13)20(21,22)23)15-16(24)27(10-12(3)4)19(30)25-17(15)28/h5-8,11-12H,9-10,24H2,1-4H3,(H,25,28,30). The number of hydrogen-bond donors (Lipinski definition) is 2. The van der Waals surface area contributed by atoms with Crippen LogP contribution in [0.15, 0.2) is 33.9 Å². The normalized spacial score (nSPS) is 11.9. The van der Waals surface area contributed by atoms with E-state index in [1.807, 2.05) is 13.8 Å². The van der Waals surface area contributed by atoms with Crippen molar-refractivity contribution < 1.29 is 18.0 Å². The van der Waals surface area contributed by atoms with Crippen LogP contribution in [0.2, 0.25) is 0 Å². The number of nitrogen functional groups attached to an aromatic ring is 1. The molecule has 0 saturated heterocycles. The number of benzene rings is 1. The molecule has 0 fully saturated rings. The summed E-state index contributed by atoms with van der Waals surface area (Å²) in [4.78, 5) is 41.1. The Bertz CT molecular complexity index is 1040. The minimum atomic E-state index is -4.62. The minimum absolute atomic E-state index is 0.0152. The Morgan fingerprint density at radius 2 is 1.80 bits per heavy atom. The SMILES string of the molecule is CC(C)CN(C(=O)c1cccc(C(F)(F)F)c1)c1c(N)n(CC(C)C)c(=O)[nH]c1=O. The van der Waals surface area contributed by atoms with Crippen LogP contribution in [0.3, 0.4) is 0 Å². The lowest BCUT2D eigenvalue weighted by Gasteiger charge is -2.26. The van der Waals surface area contributed by atoms with Crippen LogP contribution in [-0.4, -0.2) is 22.0 Å². The topological polar surface area (TPSA) is 101 Å². The lowest BCUT2D eigenvalue weighted by atomic mass is 10.1. The van der Waals surface area contributed by atoms with Crippen molar-refractivity contribution in [1.29, 1.82) is 0 Å². The number of carbonyl (C=O) groups excluding carboxylic acids is 1. The molecule has 1 aromatic heterocycles. The Morgan fingerprint density at radius 1 is 1.17 bits per heavy atom. The van der Waals surface area contributed by atoms with Crippen LogP contribution in [0.5, 0.6) is 0 Å². The van der Waals surface area contributed by atoms with Gasteiger partial charge in [-0.15, -0.1) is 0 Å². The molecule has 1 heterocycles. The van der Waals surface area contributed by atoms with E-state index < -0.39 is 28.9 Å². The van der Waals surface area contributed by atoms with E-state index in [0.29, 0.717) is 0 Å². The number of hydrogen-bond acceptors (Lipinski definition) is 4. The summed E-state index contributed by atoms with van der Waals surface area (Å²) in [6.07, 6.45) is -4.62. The molecule has 0 aliphatic heterocycles. The molecular formula is C20H25F3N4O3. The Kier molecular flexibility index (Phi) is 6.79. The first kappa shape index (κ1) is 23.2. The maximum atomic E-state index is 13.1. The first-order valence-corrected chi connectivity index (χ1v) is 9.44. The Morgan fingerprint density at radius 3 is 2.33 bits per heavy atom. The van der Waals surface area contributed by atoms with Gasteiger partial charge in [-0.05, 0) is 30.0 Å². The third-order valence-corrected chi connectivity index (χ3v) is 4.26. The zero-order valence-electron chi connectivity index (χ0n) is 17.2. The Labute approximate surface area is 171 Å². The van der Waals surface area contributed by atoms with Crippen molar-refractivity contribution in [3.05, 3.63) is 56.2 Å². The molecular weight excluding hydrogens is 401 g/mol. The molecule has 2 rings (SSSR count). The monoisotopic (exact) mass is 426 g/mol. The van der Waals surface area contributed by atoms with Crippen molar-refractivity contribution in [3.63, 3.8) is 0 Å². The number of nitrogens with one attached hydrogen (secondary N) is 1. The zero-order chi connectivity index (χ0) is 22.8. The fourth-order valence-corrected chi connectivity index (χ4v) is 3.01. The predicted molar refractivity (Wildman–Crippen MR) is 109 cm³/mol. The summed E-state index contributed by atoms with van der Waals surface area (Å²) in [6, 6.07) is 3.94. The number of halogens is 3. The summed E-state index contributed by atoms with van der Waals surface area (Å²) < 4.78 is 40.4. The van der Waals surface area contributed by atoms with Gasteiger partial charge in [-0.1, -0.05) is 33.8 Å². The molecule has 0 aliphatic carbocycles. The smallest absolute Gasteiger partial charge is 0.383 e. The lowest BCUT2D eigenvalue weighted by molar-refractivity contribution is -0.137. The quantitative estimate of drug-likeness (QED) is 0.741. The number of H-pyrrole nitrogens is 1. The van der Waals surface area contributed by atoms with Crippen LogP contribution in [0.25, 0.3) is 0 Å². The van der Waals surface area contributed by atoms with Gasteiger partial charge in [-0.25, -0.2) is 4.79 Å². The van der Waals surface area contributed by atoms with Crippen LogP contribution < -0.4 is 21.9 Å². The van der Waals surface area contributed by atoms with E-state index in [1.165, 1.54) is 6.07 Å². The van der Waals surface area contributed by atoms with Crippen LogP contribution in [-0.2, 0) is 12.7 Å². The summed E-state index contributed by atoms with van der Waals surface area (Å²) in [5, 5.41) is 0. The summed E-state index contributed by atoms with van der Waals surface area (Å²) >= 11 is 0. The van der Waals surface area contributed by atoms with Gasteiger partial charge in [-0.3, -0.25) is 19.1 Å². The molecule has 1 aromatic carbocycles. The van der Waals surface area contributed by atoms with E-state index in [-0.39, 0.29) is 42.0 Å². The lowest BCUT2D eigenvalue weighted by Crippen LogP contribution is -2.43. The van der Waals surface area contributed by atoms with E-state index in [2.05, 4.69) is 4.98 Å².